The van der Waals surface area contributed by atoms with Crippen molar-refractivity contribution in [1.82, 2.24) is 14.8 Å². The van der Waals surface area contributed by atoms with E-state index in [2.05, 4.69) is 44.4 Å². The maximum absolute atomic E-state index is 13.1. The summed E-state index contributed by atoms with van der Waals surface area (Å²) in [5, 5.41) is 4.41. The van der Waals surface area contributed by atoms with Crippen molar-refractivity contribution in [2.75, 3.05) is 38.0 Å². The lowest BCUT2D eigenvalue weighted by Crippen LogP contribution is -2.45. The van der Waals surface area contributed by atoms with Gasteiger partial charge in [0.15, 0.2) is 5.75 Å². The molecule has 0 atom stereocenters. The number of nitrogens with one attached hydrogen (secondary N) is 1. The van der Waals surface area contributed by atoms with E-state index in [1.165, 1.54) is 23.3 Å². The molecule has 2 heterocycles. The molecule has 6 rings (SSSR count). The summed E-state index contributed by atoms with van der Waals surface area (Å²) in [6.07, 6.45) is 4.91. The molecule has 0 aliphatic carbocycles. The minimum Gasteiger partial charge on any atom is -0.487 e. The van der Waals surface area contributed by atoms with Crippen LogP contribution in [0.15, 0.2) is 109 Å². The molecule has 4 aromatic carbocycles. The summed E-state index contributed by atoms with van der Waals surface area (Å²) in [7, 11) is 0. The van der Waals surface area contributed by atoms with E-state index in [1.54, 1.807) is 36.5 Å². The number of hydrogen-bond acceptors (Lipinski definition) is 7. The van der Waals surface area contributed by atoms with Gasteiger partial charge in [-0.1, -0.05) is 65.7 Å². The second-order valence-corrected chi connectivity index (χ2v) is 13.2. The molecule has 7 nitrogen and oxygen atoms in total. The molecule has 1 fully saturated rings. The van der Waals surface area contributed by atoms with E-state index in [9.17, 15) is 9.18 Å². The van der Waals surface area contributed by atoms with Crippen LogP contribution in [0.2, 0.25) is 10.0 Å². The average Bonchev–Trinajstić information content (AvgIpc) is 3.14. The highest BCUT2D eigenvalue weighted by atomic mass is 35.5. The van der Waals surface area contributed by atoms with Crippen molar-refractivity contribution in [1.29, 1.82) is 0 Å². The van der Waals surface area contributed by atoms with Gasteiger partial charge in [0.25, 0.3) is 0 Å². The molecule has 0 unspecified atom stereocenters. The molecule has 53 heavy (non-hydrogen) atoms. The van der Waals surface area contributed by atoms with Gasteiger partial charge in [-0.25, -0.2) is 9.37 Å². The summed E-state index contributed by atoms with van der Waals surface area (Å²) in [6.45, 7) is 7.15. The van der Waals surface area contributed by atoms with E-state index < -0.39 is 0 Å². The number of pyridine rings is 1. The SMILES string of the molecule is Cc1cc(/C(=C\C=O)N2CCN(Cc3ccc(CCNc4ccc(F)cc4)cc3)CC2)cc(Cl)c1Oc1ccc(OCc2ccccc2Cl)cn1.Cl.Cl. The third kappa shape index (κ3) is 11.6. The number of piperazine rings is 1. The molecule has 1 aliphatic rings. The lowest BCUT2D eigenvalue weighted by molar-refractivity contribution is -0.104. The number of halogens is 5. The largest absolute Gasteiger partial charge is 0.487 e. The smallest absolute Gasteiger partial charge is 0.219 e. The van der Waals surface area contributed by atoms with Crippen molar-refractivity contribution in [3.63, 3.8) is 0 Å². The number of nitrogens with zero attached hydrogens (tertiary/aromatic N) is 3. The van der Waals surface area contributed by atoms with Crippen molar-refractivity contribution in [2.24, 2.45) is 0 Å². The van der Waals surface area contributed by atoms with Crippen LogP contribution < -0.4 is 14.8 Å². The van der Waals surface area contributed by atoms with Gasteiger partial charge in [0, 0.05) is 73.4 Å². The zero-order valence-electron chi connectivity index (χ0n) is 29.1. The van der Waals surface area contributed by atoms with Gasteiger partial charge in [0.2, 0.25) is 5.88 Å². The molecule has 278 valence electrons. The molecule has 0 saturated carbocycles. The van der Waals surface area contributed by atoms with Gasteiger partial charge in [-0.3, -0.25) is 9.69 Å². The van der Waals surface area contributed by atoms with Crippen LogP contribution >= 0.6 is 48.0 Å². The monoisotopic (exact) mass is 796 g/mol. The zero-order valence-corrected chi connectivity index (χ0v) is 32.3. The lowest BCUT2D eigenvalue weighted by atomic mass is 10.1. The molecule has 0 bridgehead atoms. The highest BCUT2D eigenvalue weighted by Gasteiger charge is 2.22. The zero-order chi connectivity index (χ0) is 35.6. The highest BCUT2D eigenvalue weighted by Crippen LogP contribution is 2.36. The standard InChI is InChI=1S/C41H39Cl2FN4O3.2ClH/c1-29-24-33(25-38(43)41(29)51-40-15-14-36(26-46-40)50-28-32-4-2-3-5-37(32)42)39(17-23-49)48-21-19-47(20-22-48)27-31-8-6-30(7-9-31)16-18-45-35-12-10-34(44)11-13-35;;/h2-15,17,23-26,45H,16,18-22,27-28H2,1H3;2*1H/b39-17+;;. The predicted molar refractivity (Wildman–Crippen MR) is 217 cm³/mol. The van der Waals surface area contributed by atoms with Crippen LogP contribution in [0, 0.1) is 12.7 Å². The van der Waals surface area contributed by atoms with Gasteiger partial charge in [0.05, 0.1) is 11.2 Å². The third-order valence-electron chi connectivity index (χ3n) is 8.75. The Kier molecular flexibility index (Phi) is 15.8. The first-order valence-electron chi connectivity index (χ1n) is 16.9. The van der Waals surface area contributed by atoms with Crippen molar-refractivity contribution in [2.45, 2.75) is 26.5 Å². The summed E-state index contributed by atoms with van der Waals surface area (Å²) >= 11 is 13.0. The molecule has 1 N–H and O–H groups in total. The van der Waals surface area contributed by atoms with Crippen LogP contribution in [-0.2, 0) is 24.4 Å². The van der Waals surface area contributed by atoms with Crippen LogP contribution in [0.4, 0.5) is 10.1 Å². The number of allylic oxidation sites excluding steroid dienone is 1. The molecule has 0 radical (unpaired) electrons. The van der Waals surface area contributed by atoms with E-state index in [-0.39, 0.29) is 30.6 Å². The molecule has 1 aromatic heterocycles. The topological polar surface area (TPSA) is 66.9 Å². The second-order valence-electron chi connectivity index (χ2n) is 12.4. The summed E-state index contributed by atoms with van der Waals surface area (Å²) in [5.41, 5.74) is 6.81. The Morgan fingerprint density at radius 2 is 1.60 bits per heavy atom. The van der Waals surface area contributed by atoms with E-state index in [0.29, 0.717) is 34.0 Å². The minimum atomic E-state index is -0.234. The van der Waals surface area contributed by atoms with E-state index >= 15 is 0 Å². The van der Waals surface area contributed by atoms with Crippen LogP contribution in [0.25, 0.3) is 5.70 Å². The quantitative estimate of drug-likeness (QED) is 0.0887. The van der Waals surface area contributed by atoms with Crippen LogP contribution in [-0.4, -0.2) is 53.8 Å². The van der Waals surface area contributed by atoms with Crippen molar-refractivity contribution in [3.8, 4) is 17.4 Å². The number of ether oxygens (including phenoxy) is 2. The molecular formula is C41H41Cl4FN4O3. The fourth-order valence-electron chi connectivity index (χ4n) is 5.99. The number of carbonyl (C=O) groups excluding carboxylic acids is 1. The van der Waals surface area contributed by atoms with Gasteiger partial charge in [-0.05, 0) is 84.1 Å². The number of hydrogen-bond donors (Lipinski definition) is 1. The minimum absolute atomic E-state index is 0. The Balaban J connectivity index is 0.00000314. The van der Waals surface area contributed by atoms with Gasteiger partial charge in [0.1, 0.15) is 24.5 Å². The molecule has 0 amide bonds. The first-order chi connectivity index (χ1) is 24.8. The third-order valence-corrected chi connectivity index (χ3v) is 9.40. The fourth-order valence-corrected chi connectivity index (χ4v) is 6.48. The Morgan fingerprint density at radius 3 is 2.26 bits per heavy atom. The van der Waals surface area contributed by atoms with Gasteiger partial charge in [-0.2, -0.15) is 0 Å². The van der Waals surface area contributed by atoms with E-state index in [1.807, 2.05) is 43.3 Å². The Morgan fingerprint density at radius 1 is 0.887 bits per heavy atom. The lowest BCUT2D eigenvalue weighted by Gasteiger charge is -2.37. The van der Waals surface area contributed by atoms with Crippen LogP contribution in [0.3, 0.4) is 0 Å². The maximum Gasteiger partial charge on any atom is 0.219 e. The number of carbonyl (C=O) groups is 1. The Hall–Kier alpha value is -4.31. The van der Waals surface area contributed by atoms with Gasteiger partial charge >= 0.3 is 0 Å². The number of aromatic nitrogens is 1. The number of anilines is 1. The van der Waals surface area contributed by atoms with Crippen molar-refractivity contribution >= 4 is 65.7 Å². The summed E-state index contributed by atoms with van der Waals surface area (Å²) in [5.74, 6) is 1.24. The normalized spacial score (nSPS) is 13.1. The number of rotatable bonds is 14. The molecule has 1 aliphatic heterocycles. The van der Waals surface area contributed by atoms with Crippen LogP contribution in [0.1, 0.15) is 27.8 Å². The summed E-state index contributed by atoms with van der Waals surface area (Å²) < 4.78 is 25.1. The molecule has 0 spiro atoms. The number of aryl methyl sites for hydroxylation is 1. The number of aldehydes is 1. The van der Waals surface area contributed by atoms with E-state index in [4.69, 9.17) is 32.7 Å². The molecular weight excluding hydrogens is 757 g/mol. The second kappa shape index (κ2) is 20.2. The van der Waals surface area contributed by atoms with Crippen molar-refractivity contribution in [3.05, 3.63) is 153 Å². The molecule has 1 saturated heterocycles. The van der Waals surface area contributed by atoms with Gasteiger partial charge in [-0.15, -0.1) is 24.8 Å². The summed E-state index contributed by atoms with van der Waals surface area (Å²) in [4.78, 5) is 20.8. The van der Waals surface area contributed by atoms with Crippen molar-refractivity contribution < 1.29 is 18.7 Å². The van der Waals surface area contributed by atoms with E-state index in [0.717, 1.165) is 80.1 Å². The Bertz CT molecular complexity index is 1930. The summed E-state index contributed by atoms with van der Waals surface area (Å²) in [6, 6.07) is 30.0. The average molecular weight is 799 g/mol. The first-order valence-corrected chi connectivity index (χ1v) is 17.6. The van der Waals surface area contributed by atoms with Crippen LogP contribution in [0.5, 0.6) is 17.4 Å². The fraction of sp³-hybridized carbons (Fsp3) is 0.220. The first kappa shape index (κ1) is 41.4. The molecule has 12 heteroatoms. The number of benzene rings is 4. The van der Waals surface area contributed by atoms with Gasteiger partial charge < -0.3 is 19.7 Å². The highest BCUT2D eigenvalue weighted by molar-refractivity contribution is 6.32. The molecule has 5 aromatic rings. The Labute approximate surface area is 332 Å². The predicted octanol–water partition coefficient (Wildman–Crippen LogP) is 10.1. The maximum atomic E-state index is 13.1.